The summed E-state index contributed by atoms with van der Waals surface area (Å²) in [5.41, 5.74) is 1.40. The molecule has 0 atom stereocenters. The fourth-order valence-corrected chi connectivity index (χ4v) is 2.85. The van der Waals surface area contributed by atoms with Gasteiger partial charge in [0.1, 0.15) is 16.5 Å². The largest absolute Gasteiger partial charge is 0.573 e. The van der Waals surface area contributed by atoms with Crippen LogP contribution in [0.1, 0.15) is 16.1 Å². The van der Waals surface area contributed by atoms with Crippen LogP contribution in [0.4, 0.5) is 13.2 Å². The van der Waals surface area contributed by atoms with E-state index in [0.717, 1.165) is 17.7 Å². The molecule has 7 heteroatoms. The number of nitrogens with zero attached hydrogens (tertiary/aromatic N) is 1. The molecule has 0 N–H and O–H groups in total. The van der Waals surface area contributed by atoms with E-state index in [9.17, 15) is 18.0 Å². The Morgan fingerprint density at radius 1 is 1.00 bits per heavy atom. The van der Waals surface area contributed by atoms with Gasteiger partial charge in [-0.2, -0.15) is 0 Å². The average molecular weight is 349 g/mol. The highest BCUT2D eigenvalue weighted by atomic mass is 32.1. The number of ether oxygens (including phenoxy) is 1. The van der Waals surface area contributed by atoms with E-state index in [4.69, 9.17) is 0 Å². The van der Waals surface area contributed by atoms with Crippen LogP contribution in [0.3, 0.4) is 0 Å². The van der Waals surface area contributed by atoms with Crippen molar-refractivity contribution in [3.8, 4) is 16.3 Å². The van der Waals surface area contributed by atoms with Crippen molar-refractivity contribution in [2.45, 2.75) is 6.36 Å². The Hall–Kier alpha value is -2.67. The number of hydrogen-bond acceptors (Lipinski definition) is 4. The van der Waals surface area contributed by atoms with Crippen molar-refractivity contribution in [2.24, 2.45) is 0 Å². The zero-order chi connectivity index (χ0) is 17.2. The molecule has 3 nitrogen and oxygen atoms in total. The van der Waals surface area contributed by atoms with Gasteiger partial charge < -0.3 is 4.74 Å². The Morgan fingerprint density at radius 3 is 2.29 bits per heavy atom. The maximum absolute atomic E-state index is 12.4. The van der Waals surface area contributed by atoms with E-state index in [1.54, 1.807) is 5.38 Å². The Kier molecular flexibility index (Phi) is 4.35. The van der Waals surface area contributed by atoms with Crippen LogP contribution in [-0.4, -0.2) is 17.1 Å². The minimum atomic E-state index is -4.76. The molecule has 0 unspecified atom stereocenters. The number of benzene rings is 2. The van der Waals surface area contributed by atoms with Crippen molar-refractivity contribution in [1.29, 1.82) is 0 Å². The van der Waals surface area contributed by atoms with Gasteiger partial charge >= 0.3 is 6.36 Å². The molecule has 0 bridgehead atoms. The number of alkyl halides is 3. The molecule has 122 valence electrons. The average Bonchev–Trinajstić information content (AvgIpc) is 3.04. The van der Waals surface area contributed by atoms with Crippen molar-refractivity contribution < 1.29 is 22.7 Å². The molecule has 0 radical (unpaired) electrons. The van der Waals surface area contributed by atoms with Crippen LogP contribution in [-0.2, 0) is 0 Å². The third kappa shape index (κ3) is 3.80. The Morgan fingerprint density at radius 2 is 1.67 bits per heavy atom. The second-order valence-electron chi connectivity index (χ2n) is 4.81. The number of rotatable bonds is 4. The lowest BCUT2D eigenvalue weighted by atomic mass is 10.1. The summed E-state index contributed by atoms with van der Waals surface area (Å²) in [5.74, 6) is -0.728. The molecule has 24 heavy (non-hydrogen) atoms. The first-order valence-corrected chi connectivity index (χ1v) is 7.72. The van der Waals surface area contributed by atoms with Crippen molar-refractivity contribution in [1.82, 2.24) is 4.98 Å². The standard InChI is InChI=1S/C17H10F3NO2S/c18-17(19,20)23-13-8-6-11(7-9-13)15(22)14-10-24-16(21-14)12-4-2-1-3-5-12/h1-10H. The van der Waals surface area contributed by atoms with Gasteiger partial charge in [0, 0.05) is 16.5 Å². The fourth-order valence-electron chi connectivity index (χ4n) is 2.05. The number of carbonyl (C=O) groups excluding carboxylic acids is 1. The Bertz CT molecular complexity index is 842. The lowest BCUT2D eigenvalue weighted by Crippen LogP contribution is -2.17. The van der Waals surface area contributed by atoms with Crippen LogP contribution in [0.5, 0.6) is 5.75 Å². The van der Waals surface area contributed by atoms with Gasteiger partial charge in [-0.1, -0.05) is 30.3 Å². The summed E-state index contributed by atoms with van der Waals surface area (Å²) in [6.45, 7) is 0. The first kappa shape index (κ1) is 16.2. The van der Waals surface area contributed by atoms with E-state index < -0.39 is 6.36 Å². The van der Waals surface area contributed by atoms with Crippen molar-refractivity contribution >= 4 is 17.1 Å². The second kappa shape index (κ2) is 6.45. The van der Waals surface area contributed by atoms with Crippen LogP contribution in [0.25, 0.3) is 10.6 Å². The Balaban J connectivity index is 1.79. The number of thiazole rings is 1. The topological polar surface area (TPSA) is 39.2 Å². The lowest BCUT2D eigenvalue weighted by molar-refractivity contribution is -0.274. The zero-order valence-electron chi connectivity index (χ0n) is 12.1. The van der Waals surface area contributed by atoms with E-state index in [2.05, 4.69) is 9.72 Å². The third-order valence-corrected chi connectivity index (χ3v) is 4.00. The monoisotopic (exact) mass is 349 g/mol. The van der Waals surface area contributed by atoms with E-state index in [0.29, 0.717) is 5.01 Å². The number of hydrogen-bond donors (Lipinski definition) is 0. The lowest BCUT2D eigenvalue weighted by Gasteiger charge is -2.08. The summed E-state index contributed by atoms with van der Waals surface area (Å²) in [6, 6.07) is 14.2. The van der Waals surface area contributed by atoms with E-state index in [-0.39, 0.29) is 22.8 Å². The molecule has 0 aliphatic heterocycles. The van der Waals surface area contributed by atoms with Crippen molar-refractivity contribution in [3.63, 3.8) is 0 Å². The van der Waals surface area contributed by atoms with Gasteiger partial charge in [-0.3, -0.25) is 4.79 Å². The van der Waals surface area contributed by atoms with E-state index in [1.807, 2.05) is 30.3 Å². The highest BCUT2D eigenvalue weighted by Gasteiger charge is 2.31. The first-order chi connectivity index (χ1) is 11.4. The third-order valence-electron chi connectivity index (χ3n) is 3.11. The summed E-state index contributed by atoms with van der Waals surface area (Å²) in [7, 11) is 0. The molecule has 3 aromatic rings. The molecule has 0 amide bonds. The highest BCUT2D eigenvalue weighted by Crippen LogP contribution is 2.26. The van der Waals surface area contributed by atoms with E-state index >= 15 is 0 Å². The number of aromatic nitrogens is 1. The smallest absolute Gasteiger partial charge is 0.406 e. The van der Waals surface area contributed by atoms with Gasteiger partial charge in [0.15, 0.2) is 0 Å². The van der Waals surface area contributed by atoms with Crippen molar-refractivity contribution in [2.75, 3.05) is 0 Å². The minimum absolute atomic E-state index is 0.245. The zero-order valence-corrected chi connectivity index (χ0v) is 12.9. The van der Waals surface area contributed by atoms with Gasteiger partial charge in [0.05, 0.1) is 0 Å². The molecule has 1 heterocycles. The fraction of sp³-hybridized carbons (Fsp3) is 0.0588. The molecule has 2 aromatic carbocycles. The molecule has 0 aliphatic rings. The summed E-state index contributed by atoms with van der Waals surface area (Å²) >= 11 is 1.33. The second-order valence-corrected chi connectivity index (χ2v) is 5.66. The van der Waals surface area contributed by atoms with Gasteiger partial charge in [0.25, 0.3) is 0 Å². The quantitative estimate of drug-likeness (QED) is 0.626. The molecule has 0 fully saturated rings. The predicted octanol–water partition coefficient (Wildman–Crippen LogP) is 4.94. The molecule has 3 rings (SSSR count). The maximum atomic E-state index is 12.4. The van der Waals surface area contributed by atoms with Crippen LogP contribution < -0.4 is 4.74 Å². The summed E-state index contributed by atoms with van der Waals surface area (Å²) in [5, 5.41) is 2.33. The number of halogens is 3. The highest BCUT2D eigenvalue weighted by molar-refractivity contribution is 7.13. The SMILES string of the molecule is O=C(c1ccc(OC(F)(F)F)cc1)c1csc(-c2ccccc2)n1. The molecule has 0 aliphatic carbocycles. The number of ketones is 1. The van der Waals surface area contributed by atoms with E-state index in [1.165, 1.54) is 23.5 Å². The van der Waals surface area contributed by atoms with Gasteiger partial charge in [0.2, 0.25) is 5.78 Å². The normalized spacial score (nSPS) is 11.3. The molecule has 0 spiro atoms. The first-order valence-electron chi connectivity index (χ1n) is 6.84. The molecule has 0 saturated heterocycles. The van der Waals surface area contributed by atoms with Crippen LogP contribution >= 0.6 is 11.3 Å². The maximum Gasteiger partial charge on any atom is 0.573 e. The van der Waals surface area contributed by atoms with Gasteiger partial charge in [-0.15, -0.1) is 24.5 Å². The molecule has 1 aromatic heterocycles. The summed E-state index contributed by atoms with van der Waals surface area (Å²) in [6.07, 6.45) is -4.76. The summed E-state index contributed by atoms with van der Waals surface area (Å²) < 4.78 is 40.2. The Labute approximate surface area is 139 Å². The van der Waals surface area contributed by atoms with Crippen LogP contribution in [0.2, 0.25) is 0 Å². The van der Waals surface area contributed by atoms with Crippen molar-refractivity contribution in [3.05, 3.63) is 71.2 Å². The molecule has 0 saturated carbocycles. The van der Waals surface area contributed by atoms with Crippen LogP contribution in [0.15, 0.2) is 60.0 Å². The number of carbonyl (C=O) groups is 1. The van der Waals surface area contributed by atoms with Gasteiger partial charge in [-0.25, -0.2) is 4.98 Å². The van der Waals surface area contributed by atoms with Crippen LogP contribution in [0, 0.1) is 0 Å². The molecular formula is C17H10F3NO2S. The molecular weight excluding hydrogens is 339 g/mol. The minimum Gasteiger partial charge on any atom is -0.406 e. The van der Waals surface area contributed by atoms with Gasteiger partial charge in [-0.05, 0) is 24.3 Å². The summed E-state index contributed by atoms with van der Waals surface area (Å²) in [4.78, 5) is 16.7. The predicted molar refractivity (Wildman–Crippen MR) is 84.1 cm³/mol.